The van der Waals surface area contributed by atoms with Gasteiger partial charge in [0.1, 0.15) is 0 Å². The summed E-state index contributed by atoms with van der Waals surface area (Å²) in [6.45, 7) is 3.39. The Kier molecular flexibility index (Phi) is 12.0. The van der Waals surface area contributed by atoms with Gasteiger partial charge in [-0.15, -0.1) is 0 Å². The minimum atomic E-state index is 0.371. The Labute approximate surface area is 83.0 Å². The molecule has 0 unspecified atom stereocenters. The minimum absolute atomic E-state index is 0.371. The summed E-state index contributed by atoms with van der Waals surface area (Å²) in [5, 5.41) is 8.32. The van der Waals surface area contributed by atoms with Crippen LogP contribution in [0.5, 0.6) is 0 Å². The third-order valence-corrected chi connectivity index (χ3v) is 2.08. The second-order valence-corrected chi connectivity index (χ2v) is 3.38. The largest absolute Gasteiger partial charge is 0.452 e. The molecule has 0 aliphatic heterocycles. The molecule has 1 radical (unpaired) electrons. The predicted octanol–water partition coefficient (Wildman–Crippen LogP) is 2.32. The molecule has 13 heavy (non-hydrogen) atoms. The molecular weight excluding hydrogens is 163 g/mol. The fourth-order valence-corrected chi connectivity index (χ4v) is 1.30. The van der Waals surface area contributed by atoms with E-state index in [4.69, 9.17) is 9.76 Å². The Balaban J connectivity index is 2.76. The molecule has 3 heteroatoms. The van der Waals surface area contributed by atoms with E-state index >= 15 is 0 Å². The molecule has 0 saturated carbocycles. The highest BCUT2D eigenvalue weighted by molar-refractivity contribution is 6.24. The van der Waals surface area contributed by atoms with E-state index in [1.54, 1.807) is 0 Å². The van der Waals surface area contributed by atoms with Crippen molar-refractivity contribution in [2.45, 2.75) is 51.9 Å². The quantitative estimate of drug-likeness (QED) is 0.418. The monoisotopic (exact) mass is 185 g/mol. The first kappa shape index (κ1) is 13.0. The molecule has 0 rings (SSSR count). The zero-order chi connectivity index (χ0) is 9.78. The van der Waals surface area contributed by atoms with E-state index in [0.717, 1.165) is 20.5 Å². The topological polar surface area (TPSA) is 29.5 Å². The van der Waals surface area contributed by atoms with Crippen molar-refractivity contribution in [3.63, 3.8) is 0 Å². The number of hydrogen-bond donors (Lipinski definition) is 1. The van der Waals surface area contributed by atoms with Gasteiger partial charge in [0.25, 0.3) is 0 Å². The van der Waals surface area contributed by atoms with Crippen LogP contribution in [0, 0.1) is 0 Å². The van der Waals surface area contributed by atoms with Gasteiger partial charge in [0, 0.05) is 13.1 Å². The van der Waals surface area contributed by atoms with Gasteiger partial charge in [0.2, 0.25) is 0 Å². The van der Waals surface area contributed by atoms with Crippen molar-refractivity contribution < 1.29 is 9.76 Å². The van der Waals surface area contributed by atoms with Crippen molar-refractivity contribution in [2.24, 2.45) is 0 Å². The van der Waals surface area contributed by atoms with E-state index < -0.39 is 0 Å². The smallest absolute Gasteiger partial charge is 0.315 e. The fourth-order valence-electron chi connectivity index (χ4n) is 1.30. The molecule has 0 bridgehead atoms. The summed E-state index contributed by atoms with van der Waals surface area (Å²) in [6, 6.07) is 0. The summed E-state index contributed by atoms with van der Waals surface area (Å²) in [5.41, 5.74) is 0. The van der Waals surface area contributed by atoms with Gasteiger partial charge in [-0.3, -0.25) is 0 Å². The van der Waals surface area contributed by atoms with Gasteiger partial charge >= 0.3 is 7.48 Å². The van der Waals surface area contributed by atoms with E-state index in [1.807, 2.05) is 0 Å². The molecule has 0 aliphatic carbocycles. The molecule has 77 valence electrons. The highest BCUT2D eigenvalue weighted by Gasteiger charge is 1.91. The maximum Gasteiger partial charge on any atom is 0.315 e. The van der Waals surface area contributed by atoms with Gasteiger partial charge in [-0.1, -0.05) is 45.4 Å². The Morgan fingerprint density at radius 2 is 1.62 bits per heavy atom. The lowest BCUT2D eigenvalue weighted by Crippen LogP contribution is -2.03. The molecule has 0 aliphatic rings. The van der Waals surface area contributed by atoms with Crippen LogP contribution in [-0.4, -0.2) is 25.6 Å². The summed E-state index contributed by atoms with van der Waals surface area (Å²) < 4.78 is 5.10. The number of hydrogen-bond acceptors (Lipinski definition) is 2. The first-order chi connectivity index (χ1) is 6.41. The van der Waals surface area contributed by atoms with Gasteiger partial charge in [-0.05, 0) is 6.42 Å². The van der Waals surface area contributed by atoms with Crippen LogP contribution in [0.1, 0.15) is 51.9 Å². The zero-order valence-corrected chi connectivity index (χ0v) is 8.80. The van der Waals surface area contributed by atoms with Gasteiger partial charge in [0.05, 0.1) is 0 Å². The van der Waals surface area contributed by atoms with Crippen molar-refractivity contribution in [2.75, 3.05) is 13.1 Å². The molecule has 0 heterocycles. The van der Waals surface area contributed by atoms with E-state index in [1.165, 1.54) is 38.5 Å². The lowest BCUT2D eigenvalue weighted by atomic mass is 10.1. The van der Waals surface area contributed by atoms with Gasteiger partial charge in [-0.25, -0.2) is 0 Å². The second kappa shape index (κ2) is 12.0. The van der Waals surface area contributed by atoms with Crippen molar-refractivity contribution in [1.82, 2.24) is 0 Å². The number of ether oxygens (including phenoxy) is 1. The van der Waals surface area contributed by atoms with Crippen molar-refractivity contribution in [1.29, 1.82) is 0 Å². The second-order valence-electron chi connectivity index (χ2n) is 3.38. The van der Waals surface area contributed by atoms with Crippen molar-refractivity contribution in [3.8, 4) is 0 Å². The summed E-state index contributed by atoms with van der Waals surface area (Å²) in [4.78, 5) is 0. The van der Waals surface area contributed by atoms with E-state index in [0.29, 0.717) is 6.51 Å². The van der Waals surface area contributed by atoms with E-state index in [9.17, 15) is 0 Å². The Hall–Kier alpha value is -0.0151. The molecule has 0 aromatic heterocycles. The first-order valence-corrected chi connectivity index (χ1v) is 5.45. The van der Waals surface area contributed by atoms with Crippen LogP contribution in [0.25, 0.3) is 0 Å². The van der Waals surface area contributed by atoms with Crippen LogP contribution < -0.4 is 0 Å². The summed E-state index contributed by atoms with van der Waals surface area (Å²) >= 11 is 0. The van der Waals surface area contributed by atoms with Crippen LogP contribution in [0.4, 0.5) is 0 Å². The molecule has 0 amide bonds. The number of unbranched alkanes of at least 4 members (excludes halogenated alkanes) is 6. The minimum Gasteiger partial charge on any atom is -0.452 e. The van der Waals surface area contributed by atoms with Crippen molar-refractivity contribution in [3.05, 3.63) is 0 Å². The third kappa shape index (κ3) is 12.0. The maximum absolute atomic E-state index is 8.32. The zero-order valence-electron chi connectivity index (χ0n) is 8.80. The predicted molar refractivity (Wildman–Crippen MR) is 56.8 cm³/mol. The molecule has 0 spiro atoms. The maximum atomic E-state index is 8.32. The average Bonchev–Trinajstić information content (AvgIpc) is 2.16. The normalized spacial score (nSPS) is 10.3. The van der Waals surface area contributed by atoms with Crippen LogP contribution in [0.15, 0.2) is 0 Å². The molecule has 0 aromatic rings. The lowest BCUT2D eigenvalue weighted by molar-refractivity contribution is 0.165. The SMILES string of the molecule is CCCCCCCCCOC[B]O. The number of rotatable bonds is 10. The van der Waals surface area contributed by atoms with Gasteiger partial charge < -0.3 is 9.76 Å². The molecule has 0 saturated heterocycles. The van der Waals surface area contributed by atoms with Crippen LogP contribution in [0.2, 0.25) is 0 Å². The summed E-state index contributed by atoms with van der Waals surface area (Å²) in [6.07, 6.45) is 9.13. The van der Waals surface area contributed by atoms with Crippen LogP contribution in [-0.2, 0) is 4.74 Å². The van der Waals surface area contributed by atoms with E-state index in [2.05, 4.69) is 6.92 Å². The summed E-state index contributed by atoms with van der Waals surface area (Å²) in [7, 11) is 1.06. The van der Waals surface area contributed by atoms with E-state index in [-0.39, 0.29) is 0 Å². The highest BCUT2D eigenvalue weighted by atomic mass is 16.5. The highest BCUT2D eigenvalue weighted by Crippen LogP contribution is 2.06. The van der Waals surface area contributed by atoms with Crippen LogP contribution in [0.3, 0.4) is 0 Å². The molecule has 0 aromatic carbocycles. The van der Waals surface area contributed by atoms with Gasteiger partial charge in [0.15, 0.2) is 0 Å². The summed E-state index contributed by atoms with van der Waals surface area (Å²) in [5.74, 6) is 0. The molecule has 0 fully saturated rings. The molecule has 2 nitrogen and oxygen atoms in total. The van der Waals surface area contributed by atoms with Crippen LogP contribution >= 0.6 is 0 Å². The fraction of sp³-hybridized carbons (Fsp3) is 1.00. The average molecular weight is 185 g/mol. The first-order valence-electron chi connectivity index (χ1n) is 5.45. The molecular formula is C10H22BO2. The molecule has 1 N–H and O–H groups in total. The Morgan fingerprint density at radius 3 is 2.23 bits per heavy atom. The van der Waals surface area contributed by atoms with Gasteiger partial charge in [-0.2, -0.15) is 0 Å². The lowest BCUT2D eigenvalue weighted by Gasteiger charge is -2.01. The Bertz CT molecular complexity index is 79.0. The van der Waals surface area contributed by atoms with Crippen molar-refractivity contribution >= 4 is 7.48 Å². The standard InChI is InChI=1S/C10H22BO2/c1-2-3-4-5-6-7-8-9-13-10-11-12/h12H,2-10H2,1H3. The Morgan fingerprint density at radius 1 is 1.00 bits per heavy atom. The molecule has 0 atom stereocenters. The third-order valence-electron chi connectivity index (χ3n) is 2.08.